The van der Waals surface area contributed by atoms with Gasteiger partial charge in [-0.3, -0.25) is 0 Å². The molecule has 0 aliphatic rings. The van der Waals surface area contributed by atoms with Gasteiger partial charge in [0, 0.05) is 0 Å². The molecule has 0 unspecified atom stereocenters. The van der Waals surface area contributed by atoms with E-state index < -0.39 is 0 Å². The van der Waals surface area contributed by atoms with Gasteiger partial charge in [-0.05, 0) is 17.4 Å². The van der Waals surface area contributed by atoms with Crippen LogP contribution >= 0.6 is 0 Å². The molecule has 0 heterocycles. The molecule has 0 bridgehead atoms. The summed E-state index contributed by atoms with van der Waals surface area (Å²) in [6.45, 7) is 6.39. The van der Waals surface area contributed by atoms with E-state index in [1.165, 1.54) is 0 Å². The van der Waals surface area contributed by atoms with E-state index in [9.17, 15) is 0 Å². The minimum absolute atomic E-state index is 0.0198. The molecule has 0 aromatic heterocycles. The maximum absolute atomic E-state index is 8.84. The third-order valence-corrected chi connectivity index (χ3v) is 1.34. The molecule has 0 fully saturated rings. The molecule has 0 aromatic carbocycles. The quantitative estimate of drug-likeness (QED) is 0.608. The van der Waals surface area contributed by atoms with Crippen molar-refractivity contribution < 1.29 is 10.2 Å². The Morgan fingerprint density at radius 3 is 2.09 bits per heavy atom. The summed E-state index contributed by atoms with van der Waals surface area (Å²) in [4.78, 5) is 0. The van der Waals surface area contributed by atoms with Crippen molar-refractivity contribution in [3.05, 3.63) is 11.6 Å². The highest BCUT2D eigenvalue weighted by Gasteiger charge is 2.11. The van der Waals surface area contributed by atoms with Gasteiger partial charge < -0.3 is 10.2 Å². The molecule has 0 aliphatic carbocycles. The van der Waals surface area contributed by atoms with Gasteiger partial charge in [-0.1, -0.05) is 26.8 Å². The lowest BCUT2D eigenvalue weighted by molar-refractivity contribution is 0.297. The van der Waals surface area contributed by atoms with Crippen LogP contribution in [0.1, 0.15) is 27.2 Å². The van der Waals surface area contributed by atoms with Gasteiger partial charge in [-0.15, -0.1) is 0 Å². The second-order valence-corrected chi connectivity index (χ2v) is 3.94. The maximum atomic E-state index is 8.84. The van der Waals surface area contributed by atoms with Crippen molar-refractivity contribution in [2.24, 2.45) is 5.41 Å². The molecule has 0 saturated heterocycles. The molecule has 0 radical (unpaired) electrons. The van der Waals surface area contributed by atoms with Gasteiger partial charge >= 0.3 is 0 Å². The third-order valence-electron chi connectivity index (χ3n) is 1.34. The van der Waals surface area contributed by atoms with Crippen molar-refractivity contribution in [1.82, 2.24) is 0 Å². The number of aliphatic hydroxyl groups excluding tert-OH is 2. The molecule has 2 N–H and O–H groups in total. The Balaban J connectivity index is 3.99. The summed E-state index contributed by atoms with van der Waals surface area (Å²) >= 11 is 0. The molecule has 0 amide bonds. The summed E-state index contributed by atoms with van der Waals surface area (Å²) in [7, 11) is 0. The summed E-state index contributed by atoms with van der Waals surface area (Å²) in [5, 5.41) is 17.4. The van der Waals surface area contributed by atoms with Gasteiger partial charge in [-0.25, -0.2) is 0 Å². The van der Waals surface area contributed by atoms with Crippen LogP contribution < -0.4 is 0 Å². The van der Waals surface area contributed by atoms with Crippen LogP contribution in [0.15, 0.2) is 11.6 Å². The van der Waals surface area contributed by atoms with Crippen molar-refractivity contribution in [2.45, 2.75) is 27.2 Å². The van der Waals surface area contributed by atoms with Crippen LogP contribution in [-0.2, 0) is 0 Å². The summed E-state index contributed by atoms with van der Waals surface area (Å²) in [6, 6.07) is 0. The van der Waals surface area contributed by atoms with Crippen LogP contribution in [0, 0.1) is 5.41 Å². The molecule has 66 valence electrons. The van der Waals surface area contributed by atoms with Crippen LogP contribution in [0.25, 0.3) is 0 Å². The lowest BCUT2D eigenvalue weighted by Gasteiger charge is -2.19. The lowest BCUT2D eigenvalue weighted by Crippen LogP contribution is -2.08. The number of hydrogen-bond donors (Lipinski definition) is 2. The Morgan fingerprint density at radius 2 is 1.82 bits per heavy atom. The Hall–Kier alpha value is -0.340. The first-order chi connectivity index (χ1) is 4.99. The second kappa shape index (κ2) is 4.52. The van der Waals surface area contributed by atoms with Crippen molar-refractivity contribution in [3.8, 4) is 0 Å². The van der Waals surface area contributed by atoms with Crippen molar-refractivity contribution in [1.29, 1.82) is 0 Å². The summed E-state index contributed by atoms with van der Waals surface area (Å²) in [5.74, 6) is 0. The topological polar surface area (TPSA) is 40.5 Å². The van der Waals surface area contributed by atoms with E-state index in [1.807, 2.05) is 0 Å². The van der Waals surface area contributed by atoms with E-state index in [1.54, 1.807) is 6.08 Å². The summed E-state index contributed by atoms with van der Waals surface area (Å²) in [6.07, 6.45) is 2.51. The Morgan fingerprint density at radius 1 is 1.27 bits per heavy atom. The minimum atomic E-state index is 0.0198. The van der Waals surface area contributed by atoms with E-state index in [0.29, 0.717) is 0 Å². The Bertz CT molecular complexity index is 131. The maximum Gasteiger partial charge on any atom is 0.0642 e. The van der Waals surface area contributed by atoms with E-state index in [4.69, 9.17) is 10.2 Å². The highest BCUT2D eigenvalue weighted by Crippen LogP contribution is 2.23. The molecule has 0 atom stereocenters. The van der Waals surface area contributed by atoms with Gasteiger partial charge in [0.05, 0.1) is 13.2 Å². The zero-order valence-corrected chi connectivity index (χ0v) is 7.59. The number of hydrogen-bond acceptors (Lipinski definition) is 2. The fourth-order valence-electron chi connectivity index (χ4n) is 1.00. The highest BCUT2D eigenvalue weighted by atomic mass is 16.3. The Labute approximate surface area is 68.6 Å². The number of rotatable bonds is 3. The predicted octanol–water partition coefficient (Wildman–Crippen LogP) is 1.33. The fourth-order valence-corrected chi connectivity index (χ4v) is 1.00. The van der Waals surface area contributed by atoms with Crippen LogP contribution in [0.3, 0.4) is 0 Å². The largest absolute Gasteiger partial charge is 0.392 e. The SMILES string of the molecule is CC(C)(C)C/C(=C/CO)CO. The van der Waals surface area contributed by atoms with Crippen LogP contribution in [0.4, 0.5) is 0 Å². The van der Waals surface area contributed by atoms with Crippen molar-refractivity contribution >= 4 is 0 Å². The van der Waals surface area contributed by atoms with Gasteiger partial charge in [0.1, 0.15) is 0 Å². The minimum Gasteiger partial charge on any atom is -0.392 e. The molecule has 2 nitrogen and oxygen atoms in total. The average molecular weight is 158 g/mol. The van der Waals surface area contributed by atoms with Crippen LogP contribution in [-0.4, -0.2) is 23.4 Å². The number of aliphatic hydroxyl groups is 2. The van der Waals surface area contributed by atoms with Gasteiger partial charge in [0.15, 0.2) is 0 Å². The highest BCUT2D eigenvalue weighted by molar-refractivity contribution is 5.04. The molecule has 0 saturated carbocycles. The fraction of sp³-hybridized carbons (Fsp3) is 0.778. The van der Waals surface area contributed by atoms with Crippen molar-refractivity contribution in [2.75, 3.05) is 13.2 Å². The first-order valence-electron chi connectivity index (χ1n) is 3.89. The lowest BCUT2D eigenvalue weighted by atomic mass is 9.88. The molecule has 0 aliphatic heterocycles. The molecule has 0 rings (SSSR count). The molecule has 0 aromatic rings. The van der Waals surface area contributed by atoms with Gasteiger partial charge in [-0.2, -0.15) is 0 Å². The summed E-state index contributed by atoms with van der Waals surface area (Å²) < 4.78 is 0. The first-order valence-corrected chi connectivity index (χ1v) is 3.89. The second-order valence-electron chi connectivity index (χ2n) is 3.94. The predicted molar refractivity (Wildman–Crippen MR) is 46.3 cm³/mol. The third kappa shape index (κ3) is 6.07. The monoisotopic (exact) mass is 158 g/mol. The normalized spacial score (nSPS) is 13.7. The van der Waals surface area contributed by atoms with E-state index in [2.05, 4.69) is 20.8 Å². The zero-order valence-electron chi connectivity index (χ0n) is 7.59. The molecule has 0 spiro atoms. The molecule has 11 heavy (non-hydrogen) atoms. The zero-order chi connectivity index (χ0) is 8.91. The smallest absolute Gasteiger partial charge is 0.0642 e. The van der Waals surface area contributed by atoms with Gasteiger partial charge in [0.2, 0.25) is 0 Å². The van der Waals surface area contributed by atoms with Crippen LogP contribution in [0.5, 0.6) is 0 Å². The van der Waals surface area contributed by atoms with Gasteiger partial charge in [0.25, 0.3) is 0 Å². The standard InChI is InChI=1S/C9H18O2/c1-9(2,3)6-8(7-11)4-5-10/h4,10-11H,5-7H2,1-3H3/b8-4-. The van der Waals surface area contributed by atoms with Crippen molar-refractivity contribution in [3.63, 3.8) is 0 Å². The van der Waals surface area contributed by atoms with E-state index >= 15 is 0 Å². The van der Waals surface area contributed by atoms with E-state index in [0.717, 1.165) is 12.0 Å². The van der Waals surface area contributed by atoms with E-state index in [-0.39, 0.29) is 18.6 Å². The molecular weight excluding hydrogens is 140 g/mol. The summed E-state index contributed by atoms with van der Waals surface area (Å²) in [5.41, 5.74) is 1.10. The first kappa shape index (κ1) is 10.7. The Kier molecular flexibility index (Phi) is 4.38. The molecular formula is C9H18O2. The average Bonchev–Trinajstić information content (AvgIpc) is 1.84. The molecule has 2 heteroatoms. The van der Waals surface area contributed by atoms with Crippen LogP contribution in [0.2, 0.25) is 0 Å².